The number of aromatic nitrogens is 2. The SMILES string of the molecule is CNC(c1cccc(OC2CC2)c1)c1cnns1. The second kappa shape index (κ2) is 5.04. The van der Waals surface area contributed by atoms with Crippen LogP contribution in [0.4, 0.5) is 0 Å². The Labute approximate surface area is 110 Å². The van der Waals surface area contributed by atoms with Gasteiger partial charge in [-0.15, -0.1) is 5.10 Å². The van der Waals surface area contributed by atoms with Crippen molar-refractivity contribution in [1.29, 1.82) is 0 Å². The molecule has 2 aromatic rings. The number of nitrogens with one attached hydrogen (secondary N) is 1. The molecular weight excluding hydrogens is 246 g/mol. The first-order valence-corrected chi connectivity index (χ1v) is 6.85. The molecule has 18 heavy (non-hydrogen) atoms. The van der Waals surface area contributed by atoms with Crippen LogP contribution in [-0.4, -0.2) is 22.7 Å². The van der Waals surface area contributed by atoms with E-state index >= 15 is 0 Å². The highest BCUT2D eigenvalue weighted by Gasteiger charge is 2.24. The van der Waals surface area contributed by atoms with Crippen LogP contribution in [0.3, 0.4) is 0 Å². The molecule has 0 amide bonds. The molecule has 0 spiro atoms. The van der Waals surface area contributed by atoms with Gasteiger partial charge >= 0.3 is 0 Å². The topological polar surface area (TPSA) is 47.0 Å². The molecule has 1 aliphatic rings. The molecule has 0 aliphatic heterocycles. The van der Waals surface area contributed by atoms with Gasteiger partial charge in [-0.25, -0.2) is 0 Å². The summed E-state index contributed by atoms with van der Waals surface area (Å²) in [6.45, 7) is 0. The van der Waals surface area contributed by atoms with E-state index in [1.807, 2.05) is 19.2 Å². The highest BCUT2D eigenvalue weighted by atomic mass is 32.1. The summed E-state index contributed by atoms with van der Waals surface area (Å²) in [7, 11) is 1.94. The van der Waals surface area contributed by atoms with Gasteiger partial charge in [-0.2, -0.15) is 0 Å². The van der Waals surface area contributed by atoms with E-state index in [9.17, 15) is 0 Å². The first-order chi connectivity index (χ1) is 8.86. The van der Waals surface area contributed by atoms with Crippen LogP contribution in [0.1, 0.15) is 29.3 Å². The van der Waals surface area contributed by atoms with E-state index in [4.69, 9.17) is 4.74 Å². The zero-order chi connectivity index (χ0) is 12.4. The standard InChI is InChI=1S/C13H15N3OS/c1-14-13(12-8-15-16-18-12)9-3-2-4-11(7-9)17-10-5-6-10/h2-4,7-8,10,13-14H,5-6H2,1H3. The molecule has 0 saturated heterocycles. The van der Waals surface area contributed by atoms with Crippen molar-refractivity contribution in [2.75, 3.05) is 7.05 Å². The summed E-state index contributed by atoms with van der Waals surface area (Å²) >= 11 is 1.42. The molecule has 1 unspecified atom stereocenters. The Balaban J connectivity index is 1.84. The molecule has 1 N–H and O–H groups in total. The quantitative estimate of drug-likeness (QED) is 0.897. The van der Waals surface area contributed by atoms with E-state index < -0.39 is 0 Å². The molecule has 1 saturated carbocycles. The Bertz CT molecular complexity index is 511. The molecular formula is C13H15N3OS. The Morgan fingerprint density at radius 2 is 2.33 bits per heavy atom. The number of rotatable bonds is 5. The van der Waals surface area contributed by atoms with E-state index in [0.29, 0.717) is 6.10 Å². The summed E-state index contributed by atoms with van der Waals surface area (Å²) < 4.78 is 9.74. The van der Waals surface area contributed by atoms with Crippen molar-refractivity contribution >= 4 is 11.5 Å². The summed E-state index contributed by atoms with van der Waals surface area (Å²) in [4.78, 5) is 1.11. The number of ether oxygens (including phenoxy) is 1. The summed E-state index contributed by atoms with van der Waals surface area (Å²) in [5, 5.41) is 7.19. The van der Waals surface area contributed by atoms with Gasteiger partial charge in [0.2, 0.25) is 0 Å². The second-order valence-corrected chi connectivity index (χ2v) is 5.25. The third-order valence-corrected chi connectivity index (χ3v) is 3.70. The lowest BCUT2D eigenvalue weighted by atomic mass is 10.1. The lowest BCUT2D eigenvalue weighted by Gasteiger charge is -2.15. The van der Waals surface area contributed by atoms with Gasteiger partial charge in [-0.3, -0.25) is 0 Å². The number of hydrogen-bond donors (Lipinski definition) is 1. The number of nitrogens with zero attached hydrogens (tertiary/aromatic N) is 2. The fraction of sp³-hybridized carbons (Fsp3) is 0.385. The average molecular weight is 261 g/mol. The van der Waals surface area contributed by atoms with Gasteiger partial charge in [0.05, 0.1) is 23.2 Å². The van der Waals surface area contributed by atoms with Crippen molar-refractivity contribution in [3.05, 3.63) is 40.9 Å². The Hall–Kier alpha value is -1.46. The van der Waals surface area contributed by atoms with Gasteiger partial charge < -0.3 is 10.1 Å². The summed E-state index contributed by atoms with van der Waals surface area (Å²) in [5.41, 5.74) is 1.18. The molecule has 1 aromatic carbocycles. The molecule has 1 heterocycles. The highest BCUT2D eigenvalue weighted by molar-refractivity contribution is 7.05. The minimum atomic E-state index is 0.132. The molecule has 1 atom stereocenters. The maximum Gasteiger partial charge on any atom is 0.120 e. The largest absolute Gasteiger partial charge is 0.490 e. The zero-order valence-corrected chi connectivity index (χ0v) is 11.0. The van der Waals surface area contributed by atoms with Crippen LogP contribution >= 0.6 is 11.5 Å². The molecule has 0 radical (unpaired) electrons. The predicted molar refractivity (Wildman–Crippen MR) is 70.9 cm³/mol. The molecule has 1 aliphatic carbocycles. The summed E-state index contributed by atoms with van der Waals surface area (Å²) in [6.07, 6.45) is 4.59. The minimum Gasteiger partial charge on any atom is -0.490 e. The normalized spacial score (nSPS) is 16.5. The zero-order valence-electron chi connectivity index (χ0n) is 10.2. The predicted octanol–water partition coefficient (Wildman–Crippen LogP) is 2.39. The third kappa shape index (κ3) is 2.52. The van der Waals surface area contributed by atoms with E-state index in [1.54, 1.807) is 6.20 Å². The Morgan fingerprint density at radius 1 is 1.44 bits per heavy atom. The Morgan fingerprint density at radius 3 is 3.00 bits per heavy atom. The van der Waals surface area contributed by atoms with Crippen LogP contribution < -0.4 is 10.1 Å². The fourth-order valence-electron chi connectivity index (χ4n) is 1.92. The second-order valence-electron chi connectivity index (χ2n) is 4.43. The first-order valence-electron chi connectivity index (χ1n) is 6.08. The maximum absolute atomic E-state index is 5.82. The van der Waals surface area contributed by atoms with Crippen molar-refractivity contribution in [3.63, 3.8) is 0 Å². The highest BCUT2D eigenvalue weighted by Crippen LogP contribution is 2.30. The van der Waals surface area contributed by atoms with Gasteiger partial charge in [0.1, 0.15) is 5.75 Å². The minimum absolute atomic E-state index is 0.132. The molecule has 5 heteroatoms. The van der Waals surface area contributed by atoms with E-state index in [2.05, 4.69) is 27.0 Å². The first kappa shape index (κ1) is 11.6. The van der Waals surface area contributed by atoms with Crippen LogP contribution in [0, 0.1) is 0 Å². The van der Waals surface area contributed by atoms with Crippen molar-refractivity contribution in [3.8, 4) is 5.75 Å². The average Bonchev–Trinajstić information content (AvgIpc) is 3.04. The van der Waals surface area contributed by atoms with Crippen molar-refractivity contribution in [2.45, 2.75) is 25.0 Å². The van der Waals surface area contributed by atoms with Gasteiger partial charge in [-0.05, 0) is 49.1 Å². The summed E-state index contributed by atoms with van der Waals surface area (Å²) in [6, 6.07) is 8.37. The molecule has 1 fully saturated rings. The fourth-order valence-corrected chi connectivity index (χ4v) is 2.56. The smallest absolute Gasteiger partial charge is 0.120 e. The summed E-state index contributed by atoms with van der Waals surface area (Å²) in [5.74, 6) is 0.952. The number of benzene rings is 1. The lowest BCUT2D eigenvalue weighted by molar-refractivity contribution is 0.302. The van der Waals surface area contributed by atoms with Crippen molar-refractivity contribution in [2.24, 2.45) is 0 Å². The van der Waals surface area contributed by atoms with Crippen molar-refractivity contribution in [1.82, 2.24) is 14.9 Å². The van der Waals surface area contributed by atoms with Gasteiger partial charge in [0.15, 0.2) is 0 Å². The molecule has 3 rings (SSSR count). The van der Waals surface area contributed by atoms with E-state index in [0.717, 1.165) is 10.6 Å². The van der Waals surface area contributed by atoms with Gasteiger partial charge in [0.25, 0.3) is 0 Å². The number of hydrogen-bond acceptors (Lipinski definition) is 5. The van der Waals surface area contributed by atoms with Crippen LogP contribution in [0.25, 0.3) is 0 Å². The third-order valence-electron chi connectivity index (χ3n) is 2.97. The van der Waals surface area contributed by atoms with E-state index in [1.165, 1.54) is 29.9 Å². The Kier molecular flexibility index (Phi) is 3.25. The maximum atomic E-state index is 5.82. The van der Waals surface area contributed by atoms with Crippen LogP contribution in [-0.2, 0) is 0 Å². The molecule has 1 aromatic heterocycles. The van der Waals surface area contributed by atoms with Gasteiger partial charge in [-0.1, -0.05) is 16.6 Å². The molecule has 4 nitrogen and oxygen atoms in total. The molecule has 94 valence electrons. The van der Waals surface area contributed by atoms with E-state index in [-0.39, 0.29) is 6.04 Å². The van der Waals surface area contributed by atoms with Gasteiger partial charge in [0, 0.05) is 0 Å². The lowest BCUT2D eigenvalue weighted by Crippen LogP contribution is -2.16. The van der Waals surface area contributed by atoms with Crippen LogP contribution in [0.15, 0.2) is 30.5 Å². The molecule has 0 bridgehead atoms. The van der Waals surface area contributed by atoms with Crippen LogP contribution in [0.2, 0.25) is 0 Å². The van der Waals surface area contributed by atoms with Crippen molar-refractivity contribution < 1.29 is 4.74 Å². The monoisotopic (exact) mass is 261 g/mol. The van der Waals surface area contributed by atoms with Crippen LogP contribution in [0.5, 0.6) is 5.75 Å².